The molecular weight excluding hydrogens is 332 g/mol. The molecule has 1 aliphatic rings. The van der Waals surface area contributed by atoms with Gasteiger partial charge in [0.1, 0.15) is 0 Å². The van der Waals surface area contributed by atoms with Gasteiger partial charge in [0.05, 0.1) is 10.7 Å². The fourth-order valence-corrected chi connectivity index (χ4v) is 4.23. The van der Waals surface area contributed by atoms with E-state index in [2.05, 4.69) is 34.8 Å². The van der Waals surface area contributed by atoms with E-state index in [1.54, 1.807) is 18.4 Å². The van der Waals surface area contributed by atoms with Crippen LogP contribution >= 0.6 is 11.3 Å². The van der Waals surface area contributed by atoms with Crippen LogP contribution in [0, 0.1) is 5.41 Å². The Kier molecular flexibility index (Phi) is 8.68. The molecule has 1 saturated carbocycles. The third-order valence-corrected chi connectivity index (χ3v) is 6.03. The fraction of sp³-hybridized carbons (Fsp3) is 0.789. The second kappa shape index (κ2) is 10.8. The molecule has 2 rings (SSSR count). The monoisotopic (exact) mass is 366 g/mol. The van der Waals surface area contributed by atoms with E-state index in [1.807, 2.05) is 0 Å². The number of thiazole rings is 1. The van der Waals surface area contributed by atoms with E-state index < -0.39 is 0 Å². The Bertz CT molecular complexity index is 523. The zero-order chi connectivity index (χ0) is 18.0. The van der Waals surface area contributed by atoms with Crippen LogP contribution in [0.4, 0.5) is 0 Å². The predicted molar refractivity (Wildman–Crippen MR) is 107 cm³/mol. The molecule has 1 aromatic heterocycles. The Morgan fingerprint density at radius 3 is 2.76 bits per heavy atom. The second-order valence-electron chi connectivity index (χ2n) is 6.91. The van der Waals surface area contributed by atoms with Crippen LogP contribution in [0.1, 0.15) is 56.7 Å². The maximum atomic E-state index is 5.32. The lowest BCUT2D eigenvalue weighted by Gasteiger charge is -2.27. The van der Waals surface area contributed by atoms with E-state index in [0.29, 0.717) is 5.41 Å². The Hall–Kier alpha value is -1.14. The maximum absolute atomic E-state index is 5.32. The van der Waals surface area contributed by atoms with Gasteiger partial charge in [0.25, 0.3) is 0 Å². The van der Waals surface area contributed by atoms with Gasteiger partial charge < -0.3 is 15.4 Å². The first kappa shape index (κ1) is 20.2. The number of aliphatic imine (C=N–C) groups is 1. The number of aryl methyl sites for hydroxylation is 1. The fourth-order valence-electron chi connectivity index (χ4n) is 3.45. The summed E-state index contributed by atoms with van der Waals surface area (Å²) in [5.41, 5.74) is 1.51. The summed E-state index contributed by atoms with van der Waals surface area (Å²) in [5, 5.41) is 10.2. The lowest BCUT2D eigenvalue weighted by atomic mass is 9.83. The molecule has 1 aliphatic carbocycles. The topological polar surface area (TPSA) is 58.5 Å². The lowest BCUT2D eigenvalue weighted by molar-refractivity contribution is 0.141. The van der Waals surface area contributed by atoms with E-state index in [0.717, 1.165) is 51.5 Å². The van der Waals surface area contributed by atoms with E-state index >= 15 is 0 Å². The number of rotatable bonds is 10. The van der Waals surface area contributed by atoms with E-state index in [4.69, 9.17) is 9.73 Å². The summed E-state index contributed by atoms with van der Waals surface area (Å²) < 4.78 is 5.32. The summed E-state index contributed by atoms with van der Waals surface area (Å²) in [6.07, 6.45) is 8.28. The zero-order valence-corrected chi connectivity index (χ0v) is 16.9. The van der Waals surface area contributed by atoms with Crippen molar-refractivity contribution in [2.24, 2.45) is 10.4 Å². The minimum absolute atomic E-state index is 0.337. The van der Waals surface area contributed by atoms with Crippen molar-refractivity contribution in [3.05, 3.63) is 16.1 Å². The molecule has 2 N–H and O–H groups in total. The number of aromatic nitrogens is 1. The molecule has 1 aromatic rings. The highest BCUT2D eigenvalue weighted by Crippen LogP contribution is 2.41. The first-order valence-electron chi connectivity index (χ1n) is 9.66. The van der Waals surface area contributed by atoms with Gasteiger partial charge in [-0.1, -0.05) is 19.8 Å². The molecule has 0 radical (unpaired) electrons. The number of guanidine groups is 1. The van der Waals surface area contributed by atoms with Crippen LogP contribution in [0.15, 0.2) is 10.4 Å². The first-order chi connectivity index (χ1) is 12.2. The molecule has 5 nitrogen and oxygen atoms in total. The van der Waals surface area contributed by atoms with E-state index in [9.17, 15) is 0 Å². The molecule has 0 bridgehead atoms. The minimum Gasteiger partial charge on any atom is -0.385 e. The Labute approximate surface area is 156 Å². The summed E-state index contributed by atoms with van der Waals surface area (Å²) in [6.45, 7) is 7.74. The number of nitrogens with zero attached hydrogens (tertiary/aromatic N) is 2. The van der Waals surface area contributed by atoms with Gasteiger partial charge in [-0.3, -0.25) is 4.99 Å². The molecule has 1 fully saturated rings. The molecule has 0 aliphatic heterocycles. The first-order valence-corrected chi connectivity index (χ1v) is 10.5. The van der Waals surface area contributed by atoms with Crippen molar-refractivity contribution < 1.29 is 4.74 Å². The molecule has 0 spiro atoms. The third-order valence-electron chi connectivity index (χ3n) is 4.99. The van der Waals surface area contributed by atoms with Crippen molar-refractivity contribution in [2.75, 3.05) is 33.4 Å². The number of hydrogen-bond acceptors (Lipinski definition) is 4. The third kappa shape index (κ3) is 6.59. The smallest absolute Gasteiger partial charge is 0.191 e. The van der Waals surface area contributed by atoms with E-state index in [-0.39, 0.29) is 0 Å². The molecule has 0 aromatic carbocycles. The summed E-state index contributed by atoms with van der Waals surface area (Å²) in [4.78, 5) is 9.52. The maximum Gasteiger partial charge on any atom is 0.191 e. The molecule has 142 valence electrons. The predicted octanol–water partition coefficient (Wildman–Crippen LogP) is 3.40. The van der Waals surface area contributed by atoms with Gasteiger partial charge in [-0.25, -0.2) is 4.98 Å². The Morgan fingerprint density at radius 1 is 1.32 bits per heavy atom. The molecule has 0 unspecified atom stereocenters. The van der Waals surface area contributed by atoms with Crippen molar-refractivity contribution >= 4 is 17.3 Å². The average molecular weight is 367 g/mol. The highest BCUT2D eigenvalue weighted by molar-refractivity contribution is 7.09. The largest absolute Gasteiger partial charge is 0.385 e. The quantitative estimate of drug-likeness (QED) is 0.492. The number of hydrogen-bond donors (Lipinski definition) is 2. The highest BCUT2D eigenvalue weighted by atomic mass is 32.1. The number of methoxy groups -OCH3 is 1. The normalized spacial score (nSPS) is 17.0. The molecule has 25 heavy (non-hydrogen) atoms. The second-order valence-corrected chi connectivity index (χ2v) is 7.85. The summed E-state index contributed by atoms with van der Waals surface area (Å²) >= 11 is 1.76. The van der Waals surface area contributed by atoms with Crippen LogP contribution < -0.4 is 10.6 Å². The van der Waals surface area contributed by atoms with Gasteiger partial charge in [-0.05, 0) is 38.0 Å². The number of ether oxygens (including phenoxy) is 1. The molecule has 1 heterocycles. The highest BCUT2D eigenvalue weighted by Gasteiger charge is 2.33. The van der Waals surface area contributed by atoms with Crippen molar-refractivity contribution in [1.82, 2.24) is 15.6 Å². The van der Waals surface area contributed by atoms with Crippen LogP contribution in [0.3, 0.4) is 0 Å². The molecular formula is C19H34N4OS. The minimum atomic E-state index is 0.337. The van der Waals surface area contributed by atoms with Crippen molar-refractivity contribution in [3.8, 4) is 0 Å². The molecule has 0 saturated heterocycles. The molecule has 6 heteroatoms. The van der Waals surface area contributed by atoms with Gasteiger partial charge in [0.15, 0.2) is 5.96 Å². The molecule has 0 atom stereocenters. The van der Waals surface area contributed by atoms with Gasteiger partial charge in [0.2, 0.25) is 0 Å². The Morgan fingerprint density at radius 2 is 2.12 bits per heavy atom. The van der Waals surface area contributed by atoms with Crippen molar-refractivity contribution in [2.45, 2.75) is 58.8 Å². The lowest BCUT2D eigenvalue weighted by Crippen LogP contribution is -2.39. The van der Waals surface area contributed by atoms with Crippen LogP contribution in [-0.2, 0) is 17.6 Å². The van der Waals surface area contributed by atoms with Crippen molar-refractivity contribution in [1.29, 1.82) is 0 Å². The Balaban J connectivity index is 1.86. The summed E-state index contributed by atoms with van der Waals surface area (Å²) in [7, 11) is 1.79. The zero-order valence-electron chi connectivity index (χ0n) is 16.1. The van der Waals surface area contributed by atoms with E-state index in [1.165, 1.54) is 36.4 Å². The van der Waals surface area contributed by atoms with Crippen LogP contribution in [0.5, 0.6) is 0 Å². The number of nitrogens with one attached hydrogen (secondary N) is 2. The van der Waals surface area contributed by atoms with Crippen LogP contribution in [-0.4, -0.2) is 44.3 Å². The van der Waals surface area contributed by atoms with Crippen LogP contribution in [0.25, 0.3) is 0 Å². The summed E-state index contributed by atoms with van der Waals surface area (Å²) in [6, 6.07) is 0. The van der Waals surface area contributed by atoms with Crippen molar-refractivity contribution in [3.63, 3.8) is 0 Å². The van der Waals surface area contributed by atoms with Gasteiger partial charge in [0, 0.05) is 45.2 Å². The van der Waals surface area contributed by atoms with Gasteiger partial charge >= 0.3 is 0 Å². The standard InChI is InChI=1S/C19H34N4OS/c1-4-17-23-16(14-25-17)8-12-21-18(20-5-2)22-15-19(11-13-24-3)9-6-7-10-19/h14H,4-13,15H2,1-3H3,(H2,20,21,22). The average Bonchev–Trinajstić information content (AvgIpc) is 3.28. The van der Waals surface area contributed by atoms with Gasteiger partial charge in [-0.15, -0.1) is 11.3 Å². The molecule has 0 amide bonds. The summed E-state index contributed by atoms with van der Waals surface area (Å²) in [5.74, 6) is 0.928. The van der Waals surface area contributed by atoms with Gasteiger partial charge in [-0.2, -0.15) is 0 Å². The SMILES string of the molecule is CCNC(=NCC1(CCOC)CCCC1)NCCc1csc(CC)n1. The van der Waals surface area contributed by atoms with Crippen LogP contribution in [0.2, 0.25) is 0 Å².